The average molecular weight is 290 g/mol. The van der Waals surface area contributed by atoms with Crippen LogP contribution in [0.5, 0.6) is 0 Å². The third-order valence-corrected chi connectivity index (χ3v) is 4.00. The highest BCUT2D eigenvalue weighted by atomic mass is 32.1. The van der Waals surface area contributed by atoms with E-state index in [9.17, 15) is 9.50 Å². The summed E-state index contributed by atoms with van der Waals surface area (Å²) in [7, 11) is 0. The lowest BCUT2D eigenvalue weighted by molar-refractivity contribution is 0.0590. The topological polar surface area (TPSA) is 37.5 Å². The monoisotopic (exact) mass is 290 g/mol. The summed E-state index contributed by atoms with van der Waals surface area (Å²) in [6.45, 7) is 1.72. The minimum Gasteiger partial charge on any atom is -0.389 e. The van der Waals surface area contributed by atoms with Crippen molar-refractivity contribution >= 4 is 16.3 Å². The fourth-order valence-electron chi connectivity index (χ4n) is 2.37. The van der Waals surface area contributed by atoms with E-state index in [2.05, 4.69) is 4.98 Å². The predicted octanol–water partition coefficient (Wildman–Crippen LogP) is 3.07. The van der Waals surface area contributed by atoms with Gasteiger partial charge in [0.2, 0.25) is 0 Å². The fourth-order valence-corrected chi connectivity index (χ4v) is 3.08. The molecular weight excluding hydrogens is 275 g/mol. The maximum Gasteiger partial charge on any atom is 0.193 e. The fraction of sp³-hybridized carbons (Fsp3) is 0.267. The molecule has 3 nitrogen and oxygen atoms in total. The summed E-state index contributed by atoms with van der Waals surface area (Å²) >= 11 is 1.55. The van der Waals surface area contributed by atoms with E-state index < -0.39 is 5.60 Å². The van der Waals surface area contributed by atoms with Crippen LogP contribution in [0.25, 0.3) is 4.96 Å². The van der Waals surface area contributed by atoms with Crippen molar-refractivity contribution in [3.05, 3.63) is 59.1 Å². The summed E-state index contributed by atoms with van der Waals surface area (Å²) in [4.78, 5) is 5.35. The van der Waals surface area contributed by atoms with E-state index in [0.717, 1.165) is 10.7 Å². The van der Waals surface area contributed by atoms with Gasteiger partial charge in [0.15, 0.2) is 4.96 Å². The van der Waals surface area contributed by atoms with Gasteiger partial charge in [-0.05, 0) is 18.6 Å². The number of thiazole rings is 1. The molecule has 0 radical (unpaired) electrons. The Labute approximate surface area is 120 Å². The maximum absolute atomic E-state index is 13.6. The van der Waals surface area contributed by atoms with E-state index in [-0.39, 0.29) is 12.2 Å². The van der Waals surface area contributed by atoms with Crippen LogP contribution in [0.3, 0.4) is 0 Å². The quantitative estimate of drug-likeness (QED) is 0.802. The van der Waals surface area contributed by atoms with Crippen LogP contribution in [-0.4, -0.2) is 20.1 Å². The van der Waals surface area contributed by atoms with Crippen LogP contribution >= 0.6 is 11.3 Å². The van der Waals surface area contributed by atoms with Crippen molar-refractivity contribution < 1.29 is 9.50 Å². The Bertz CT molecular complexity index is 704. The largest absolute Gasteiger partial charge is 0.389 e. The highest BCUT2D eigenvalue weighted by molar-refractivity contribution is 7.15. The van der Waals surface area contributed by atoms with Gasteiger partial charge in [0.25, 0.3) is 0 Å². The first kappa shape index (κ1) is 13.3. The minimum absolute atomic E-state index is 0.269. The molecule has 0 aliphatic carbocycles. The summed E-state index contributed by atoms with van der Waals surface area (Å²) in [5.41, 5.74) is 0.323. The highest BCUT2D eigenvalue weighted by Gasteiger charge is 2.24. The Morgan fingerprint density at radius 3 is 2.90 bits per heavy atom. The molecule has 0 saturated carbocycles. The molecule has 2 aromatic heterocycles. The van der Waals surface area contributed by atoms with Crippen LogP contribution in [0.15, 0.2) is 42.0 Å². The number of nitrogens with zero attached hydrogens (tertiary/aromatic N) is 2. The van der Waals surface area contributed by atoms with Crippen LogP contribution in [0.2, 0.25) is 0 Å². The van der Waals surface area contributed by atoms with Gasteiger partial charge in [0, 0.05) is 30.6 Å². The molecule has 3 aromatic rings. The van der Waals surface area contributed by atoms with Crippen LogP contribution in [-0.2, 0) is 12.8 Å². The molecule has 0 aliphatic heterocycles. The smallest absolute Gasteiger partial charge is 0.193 e. The number of rotatable bonds is 4. The third-order valence-electron chi connectivity index (χ3n) is 3.23. The van der Waals surface area contributed by atoms with Gasteiger partial charge in [0.1, 0.15) is 5.82 Å². The van der Waals surface area contributed by atoms with Crippen molar-refractivity contribution in [3.63, 3.8) is 0 Å². The molecule has 1 N–H and O–H groups in total. The standard InChI is InChI=1S/C15H15FN2OS/c1-15(19,8-11-4-2-3-5-13(11)16)9-12-10-18-6-7-20-14(18)17-12/h2-7,10,19H,8-9H2,1H3. The number of hydrogen-bond acceptors (Lipinski definition) is 3. The SMILES string of the molecule is CC(O)(Cc1cn2ccsc2n1)Cc1ccccc1F. The van der Waals surface area contributed by atoms with Gasteiger partial charge in [-0.3, -0.25) is 4.40 Å². The van der Waals surface area contributed by atoms with Gasteiger partial charge in [0.05, 0.1) is 11.3 Å². The van der Waals surface area contributed by atoms with E-state index in [1.807, 2.05) is 22.2 Å². The Hall–Kier alpha value is -1.72. The average Bonchev–Trinajstić information content (AvgIpc) is 2.92. The van der Waals surface area contributed by atoms with Crippen molar-refractivity contribution in [2.75, 3.05) is 0 Å². The van der Waals surface area contributed by atoms with Gasteiger partial charge in [-0.25, -0.2) is 9.37 Å². The normalized spacial score (nSPS) is 14.6. The predicted molar refractivity (Wildman–Crippen MR) is 77.5 cm³/mol. The van der Waals surface area contributed by atoms with Gasteiger partial charge < -0.3 is 5.11 Å². The molecule has 1 unspecified atom stereocenters. The van der Waals surface area contributed by atoms with Gasteiger partial charge >= 0.3 is 0 Å². The number of imidazole rings is 1. The number of fused-ring (bicyclic) bond motifs is 1. The summed E-state index contributed by atoms with van der Waals surface area (Å²) in [5.74, 6) is -0.279. The number of aromatic nitrogens is 2. The molecule has 0 amide bonds. The molecule has 0 aliphatic rings. The number of halogens is 1. The molecule has 3 rings (SSSR count). The highest BCUT2D eigenvalue weighted by Crippen LogP contribution is 2.21. The molecule has 5 heteroatoms. The molecule has 2 heterocycles. The molecular formula is C15H15FN2OS. The summed E-state index contributed by atoms with van der Waals surface area (Å²) in [6.07, 6.45) is 4.50. The number of aliphatic hydroxyl groups is 1. The number of hydrogen-bond donors (Lipinski definition) is 1. The van der Waals surface area contributed by atoms with Crippen molar-refractivity contribution in [3.8, 4) is 0 Å². The van der Waals surface area contributed by atoms with Crippen LogP contribution in [0.4, 0.5) is 4.39 Å². The lowest BCUT2D eigenvalue weighted by Gasteiger charge is -2.22. The molecule has 0 bridgehead atoms. The zero-order chi connectivity index (χ0) is 14.2. The van der Waals surface area contributed by atoms with Crippen LogP contribution < -0.4 is 0 Å². The zero-order valence-corrected chi connectivity index (χ0v) is 11.9. The van der Waals surface area contributed by atoms with Crippen LogP contribution in [0.1, 0.15) is 18.2 Å². The molecule has 20 heavy (non-hydrogen) atoms. The molecule has 1 atom stereocenters. The van der Waals surface area contributed by atoms with E-state index >= 15 is 0 Å². The molecule has 1 aromatic carbocycles. The minimum atomic E-state index is -1.02. The lowest BCUT2D eigenvalue weighted by atomic mass is 9.92. The van der Waals surface area contributed by atoms with E-state index in [1.54, 1.807) is 36.5 Å². The van der Waals surface area contributed by atoms with Crippen molar-refractivity contribution in [2.45, 2.75) is 25.4 Å². The maximum atomic E-state index is 13.6. The van der Waals surface area contributed by atoms with Gasteiger partial charge in [-0.2, -0.15) is 0 Å². The van der Waals surface area contributed by atoms with E-state index in [1.165, 1.54) is 6.07 Å². The van der Waals surface area contributed by atoms with Crippen molar-refractivity contribution in [2.24, 2.45) is 0 Å². The first-order valence-corrected chi connectivity index (χ1v) is 7.28. The molecule has 0 fully saturated rings. The lowest BCUT2D eigenvalue weighted by Crippen LogP contribution is -2.30. The first-order chi connectivity index (χ1) is 9.53. The van der Waals surface area contributed by atoms with Crippen molar-refractivity contribution in [1.29, 1.82) is 0 Å². The van der Waals surface area contributed by atoms with E-state index in [4.69, 9.17) is 0 Å². The first-order valence-electron chi connectivity index (χ1n) is 6.40. The molecule has 0 saturated heterocycles. The van der Waals surface area contributed by atoms with Gasteiger partial charge in [-0.1, -0.05) is 18.2 Å². The van der Waals surface area contributed by atoms with Crippen LogP contribution in [0, 0.1) is 5.82 Å². The van der Waals surface area contributed by atoms with Crippen molar-refractivity contribution in [1.82, 2.24) is 9.38 Å². The molecule has 104 valence electrons. The second-order valence-corrected chi connectivity index (χ2v) is 6.14. The second-order valence-electron chi connectivity index (χ2n) is 5.27. The summed E-state index contributed by atoms with van der Waals surface area (Å²) in [5, 5.41) is 12.5. The second kappa shape index (κ2) is 5.00. The summed E-state index contributed by atoms with van der Waals surface area (Å²) < 4.78 is 15.6. The number of benzene rings is 1. The Morgan fingerprint density at radius 1 is 1.35 bits per heavy atom. The third kappa shape index (κ3) is 2.73. The Morgan fingerprint density at radius 2 is 2.15 bits per heavy atom. The summed E-state index contributed by atoms with van der Waals surface area (Å²) in [6, 6.07) is 6.55. The molecule has 0 spiro atoms. The Balaban J connectivity index is 1.78. The zero-order valence-electron chi connectivity index (χ0n) is 11.1. The Kier molecular flexibility index (Phi) is 3.31. The van der Waals surface area contributed by atoms with E-state index in [0.29, 0.717) is 12.0 Å². The van der Waals surface area contributed by atoms with Gasteiger partial charge in [-0.15, -0.1) is 11.3 Å².